The number of carbonyl (C=O) groups is 2. The minimum absolute atomic E-state index is 0.0400. The molecule has 1 amide bonds. The van der Waals surface area contributed by atoms with Crippen LogP contribution in [0, 0.1) is 0 Å². The summed E-state index contributed by atoms with van der Waals surface area (Å²) in [4.78, 5) is 23.2. The van der Waals surface area contributed by atoms with Crippen LogP contribution in [-0.4, -0.2) is 25.0 Å². The summed E-state index contributed by atoms with van der Waals surface area (Å²) in [6.45, 7) is 5.29. The quantitative estimate of drug-likeness (QED) is 0.153. The van der Waals surface area contributed by atoms with Crippen LogP contribution in [-0.2, 0) is 14.3 Å². The summed E-state index contributed by atoms with van der Waals surface area (Å²) in [5.74, 6) is -0.160. The van der Waals surface area contributed by atoms with Gasteiger partial charge in [0.1, 0.15) is 0 Å². The van der Waals surface area contributed by atoms with E-state index in [1.54, 1.807) is 0 Å². The maximum absolute atomic E-state index is 11.6. The molecule has 4 nitrogen and oxygen atoms in total. The molecule has 0 fully saturated rings. The molecule has 29 heavy (non-hydrogen) atoms. The molecule has 0 unspecified atom stereocenters. The van der Waals surface area contributed by atoms with E-state index in [1.165, 1.54) is 77.0 Å². The van der Waals surface area contributed by atoms with Gasteiger partial charge in [0.05, 0.1) is 13.0 Å². The maximum atomic E-state index is 11.6. The van der Waals surface area contributed by atoms with Crippen LogP contribution in [0.25, 0.3) is 0 Å². The third-order valence-corrected chi connectivity index (χ3v) is 5.42. The molecule has 0 aliphatic carbocycles. The first-order chi connectivity index (χ1) is 14.2. The summed E-state index contributed by atoms with van der Waals surface area (Å²) in [7, 11) is 0. The van der Waals surface area contributed by atoms with Crippen LogP contribution in [0.4, 0.5) is 0 Å². The van der Waals surface area contributed by atoms with Gasteiger partial charge in [-0.1, -0.05) is 110 Å². The summed E-state index contributed by atoms with van der Waals surface area (Å²) in [5, 5.41) is 2.79. The summed E-state index contributed by atoms with van der Waals surface area (Å²) in [6, 6.07) is 0. The molecule has 0 radical (unpaired) electrons. The molecule has 0 aromatic rings. The lowest BCUT2D eigenvalue weighted by Crippen LogP contribution is -2.26. The molecule has 0 saturated carbocycles. The Hall–Kier alpha value is -1.06. The molecule has 4 heteroatoms. The number of unbranched alkanes of at least 4 members (excludes halogenated alkanes) is 15. The Labute approximate surface area is 180 Å². The zero-order valence-electron chi connectivity index (χ0n) is 19.6. The monoisotopic (exact) mass is 411 g/mol. The van der Waals surface area contributed by atoms with E-state index < -0.39 is 0 Å². The van der Waals surface area contributed by atoms with Gasteiger partial charge in [-0.15, -0.1) is 0 Å². The van der Waals surface area contributed by atoms with Crippen molar-refractivity contribution < 1.29 is 14.3 Å². The van der Waals surface area contributed by atoms with Gasteiger partial charge in [-0.3, -0.25) is 9.59 Å². The average molecular weight is 412 g/mol. The van der Waals surface area contributed by atoms with Crippen molar-refractivity contribution in [2.75, 3.05) is 13.2 Å². The molecule has 172 valence electrons. The van der Waals surface area contributed by atoms with E-state index in [9.17, 15) is 9.59 Å². The predicted molar refractivity (Wildman–Crippen MR) is 123 cm³/mol. The largest absolute Gasteiger partial charge is 0.466 e. The van der Waals surface area contributed by atoms with Gasteiger partial charge in [-0.25, -0.2) is 0 Å². The van der Waals surface area contributed by atoms with Crippen LogP contribution >= 0.6 is 0 Å². The van der Waals surface area contributed by atoms with Gasteiger partial charge in [-0.2, -0.15) is 0 Å². The van der Waals surface area contributed by atoms with E-state index in [2.05, 4.69) is 19.2 Å². The molecule has 1 N–H and O–H groups in total. The highest BCUT2D eigenvalue weighted by Gasteiger charge is 2.05. The number of carbonyl (C=O) groups excluding carboxylic acids is 2. The lowest BCUT2D eigenvalue weighted by atomic mass is 10.0. The third-order valence-electron chi connectivity index (χ3n) is 5.42. The number of ether oxygens (including phenoxy) is 1. The van der Waals surface area contributed by atoms with Gasteiger partial charge >= 0.3 is 5.97 Å². The first kappa shape index (κ1) is 27.9. The average Bonchev–Trinajstić information content (AvgIpc) is 2.71. The van der Waals surface area contributed by atoms with Gasteiger partial charge in [0.2, 0.25) is 5.91 Å². The minimum Gasteiger partial charge on any atom is -0.466 e. The zero-order valence-corrected chi connectivity index (χ0v) is 19.6. The fourth-order valence-electron chi connectivity index (χ4n) is 3.48. The van der Waals surface area contributed by atoms with Crippen LogP contribution in [0.2, 0.25) is 0 Å². The van der Waals surface area contributed by atoms with Gasteiger partial charge in [-0.05, 0) is 12.8 Å². The lowest BCUT2D eigenvalue weighted by molar-refractivity contribution is -0.143. The topological polar surface area (TPSA) is 55.4 Å². The highest BCUT2D eigenvalue weighted by Crippen LogP contribution is 2.13. The lowest BCUT2D eigenvalue weighted by Gasteiger charge is -2.06. The number of amides is 1. The highest BCUT2D eigenvalue weighted by molar-refractivity contribution is 5.76. The Bertz CT molecular complexity index is 371. The Morgan fingerprint density at radius 2 is 1.03 bits per heavy atom. The molecular formula is C25H49NO3. The smallest absolute Gasteiger partial charge is 0.307 e. The number of nitrogens with one attached hydrogen (secondary N) is 1. The van der Waals surface area contributed by atoms with E-state index in [1.807, 2.05) is 0 Å². The number of hydrogen-bond acceptors (Lipinski definition) is 3. The van der Waals surface area contributed by atoms with Crippen LogP contribution in [0.3, 0.4) is 0 Å². The molecule has 0 rings (SSSR count). The Kier molecular flexibility index (Phi) is 22.4. The van der Waals surface area contributed by atoms with Gasteiger partial charge in [0.25, 0.3) is 0 Å². The van der Waals surface area contributed by atoms with Crippen molar-refractivity contribution in [1.82, 2.24) is 5.32 Å². The van der Waals surface area contributed by atoms with Crippen LogP contribution in [0.15, 0.2) is 0 Å². The van der Waals surface area contributed by atoms with Crippen molar-refractivity contribution in [2.24, 2.45) is 0 Å². The van der Waals surface area contributed by atoms with Crippen LogP contribution in [0.5, 0.6) is 0 Å². The SMILES string of the molecule is CCCCCCCCCCCCCCCCOC(=O)CCNC(=O)CCCCC. The number of hydrogen-bond donors (Lipinski definition) is 1. The summed E-state index contributed by atoms with van der Waals surface area (Å²) in [6.07, 6.45) is 22.5. The van der Waals surface area contributed by atoms with E-state index in [0.29, 0.717) is 19.6 Å². The molecule has 0 atom stereocenters. The Balaban J connectivity index is 3.22. The molecule has 0 bridgehead atoms. The summed E-state index contributed by atoms with van der Waals surface area (Å²) < 4.78 is 5.24. The number of rotatable bonds is 22. The van der Waals surface area contributed by atoms with Crippen LogP contribution < -0.4 is 5.32 Å². The molecule has 0 heterocycles. The van der Waals surface area contributed by atoms with Crippen molar-refractivity contribution >= 4 is 11.9 Å². The highest BCUT2D eigenvalue weighted by atomic mass is 16.5. The molecular weight excluding hydrogens is 362 g/mol. The van der Waals surface area contributed by atoms with Crippen LogP contribution in [0.1, 0.15) is 136 Å². The Morgan fingerprint density at radius 1 is 0.586 bits per heavy atom. The fourth-order valence-corrected chi connectivity index (χ4v) is 3.48. The minimum atomic E-state index is -0.200. The normalized spacial score (nSPS) is 10.8. The number of esters is 1. The van der Waals surface area contributed by atoms with Crippen molar-refractivity contribution in [1.29, 1.82) is 0 Å². The van der Waals surface area contributed by atoms with Gasteiger partial charge < -0.3 is 10.1 Å². The van der Waals surface area contributed by atoms with E-state index >= 15 is 0 Å². The van der Waals surface area contributed by atoms with Crippen molar-refractivity contribution in [2.45, 2.75) is 136 Å². The predicted octanol–water partition coefficient (Wildman–Crippen LogP) is 7.10. The van der Waals surface area contributed by atoms with E-state index in [0.717, 1.165) is 32.1 Å². The molecule has 0 spiro atoms. The summed E-state index contributed by atoms with van der Waals surface area (Å²) >= 11 is 0. The molecule has 0 aromatic carbocycles. The van der Waals surface area contributed by atoms with Gasteiger partial charge in [0.15, 0.2) is 0 Å². The second-order valence-electron chi connectivity index (χ2n) is 8.37. The molecule has 0 aromatic heterocycles. The first-order valence-electron chi connectivity index (χ1n) is 12.6. The maximum Gasteiger partial charge on any atom is 0.307 e. The van der Waals surface area contributed by atoms with Crippen molar-refractivity contribution in [3.05, 3.63) is 0 Å². The zero-order chi connectivity index (χ0) is 21.4. The molecule has 0 aliphatic heterocycles. The van der Waals surface area contributed by atoms with Crippen molar-refractivity contribution in [3.8, 4) is 0 Å². The second-order valence-corrected chi connectivity index (χ2v) is 8.37. The molecule has 0 saturated heterocycles. The Morgan fingerprint density at radius 3 is 1.55 bits per heavy atom. The fraction of sp³-hybridized carbons (Fsp3) is 0.920. The van der Waals surface area contributed by atoms with Crippen molar-refractivity contribution in [3.63, 3.8) is 0 Å². The summed E-state index contributed by atoms with van der Waals surface area (Å²) in [5.41, 5.74) is 0. The third kappa shape index (κ3) is 23.1. The standard InChI is InChI=1S/C25H49NO3/c1-3-5-7-8-9-10-11-12-13-14-15-16-17-19-23-29-25(28)21-22-26-24(27)20-18-6-4-2/h3-23H2,1-2H3,(H,26,27). The molecule has 0 aliphatic rings. The van der Waals surface area contributed by atoms with E-state index in [-0.39, 0.29) is 18.3 Å². The second kappa shape index (κ2) is 23.2. The van der Waals surface area contributed by atoms with Gasteiger partial charge in [0, 0.05) is 13.0 Å². The van der Waals surface area contributed by atoms with E-state index in [4.69, 9.17) is 4.74 Å². The first-order valence-corrected chi connectivity index (χ1v) is 12.6.